The van der Waals surface area contributed by atoms with Crippen LogP contribution in [0.2, 0.25) is 0 Å². The lowest BCUT2D eigenvalue weighted by molar-refractivity contribution is 0.322. The first kappa shape index (κ1) is 16.7. The maximum absolute atomic E-state index is 3.51. The van der Waals surface area contributed by atoms with Gasteiger partial charge in [-0.15, -0.1) is 11.3 Å². The summed E-state index contributed by atoms with van der Waals surface area (Å²) in [4.78, 5) is 3.74. The molecule has 1 aromatic carbocycles. The Bertz CT molecular complexity index is 536. The second kappa shape index (κ2) is 8.69. The van der Waals surface area contributed by atoms with Gasteiger partial charge in [-0.05, 0) is 53.1 Å². The Balaban J connectivity index is 1.82. The van der Waals surface area contributed by atoms with Crippen molar-refractivity contribution < 1.29 is 0 Å². The van der Waals surface area contributed by atoms with E-state index in [0.29, 0.717) is 0 Å². The lowest BCUT2D eigenvalue weighted by Crippen LogP contribution is -2.17. The van der Waals surface area contributed by atoms with E-state index in [1.807, 2.05) is 0 Å². The molecule has 0 bridgehead atoms. The van der Waals surface area contributed by atoms with Gasteiger partial charge in [-0.25, -0.2) is 0 Å². The topological polar surface area (TPSA) is 15.3 Å². The molecule has 2 rings (SSSR count). The number of hydrogen-bond acceptors (Lipinski definition) is 3. The predicted molar refractivity (Wildman–Crippen MR) is 95.6 cm³/mol. The van der Waals surface area contributed by atoms with Crippen molar-refractivity contribution >= 4 is 27.3 Å². The Kier molecular flexibility index (Phi) is 6.90. The van der Waals surface area contributed by atoms with E-state index in [1.54, 1.807) is 11.3 Å². The van der Waals surface area contributed by atoms with E-state index >= 15 is 0 Å². The Morgan fingerprint density at radius 3 is 2.48 bits per heavy atom. The van der Waals surface area contributed by atoms with Crippen molar-refractivity contribution in [3.05, 3.63) is 56.2 Å². The van der Waals surface area contributed by atoms with Crippen LogP contribution in [0, 0.1) is 0 Å². The maximum Gasteiger partial charge on any atom is 0.0328 e. The third-order valence-corrected chi connectivity index (χ3v) is 4.96. The number of nitrogens with one attached hydrogen (secondary N) is 1. The Morgan fingerprint density at radius 1 is 1.14 bits per heavy atom. The fourth-order valence-electron chi connectivity index (χ4n) is 2.24. The average molecular weight is 367 g/mol. The smallest absolute Gasteiger partial charge is 0.0328 e. The molecule has 0 unspecified atom stereocenters. The van der Waals surface area contributed by atoms with Gasteiger partial charge in [0.25, 0.3) is 0 Å². The highest BCUT2D eigenvalue weighted by Gasteiger charge is 2.04. The Labute approximate surface area is 140 Å². The number of hydrogen-bond donors (Lipinski definition) is 1. The van der Waals surface area contributed by atoms with Gasteiger partial charge in [0.1, 0.15) is 0 Å². The normalized spacial score (nSPS) is 11.2. The molecule has 0 saturated heterocycles. The molecule has 0 aliphatic carbocycles. The summed E-state index contributed by atoms with van der Waals surface area (Å²) < 4.78 is 1.18. The molecule has 2 aromatic rings. The van der Waals surface area contributed by atoms with Crippen molar-refractivity contribution in [2.45, 2.75) is 33.0 Å². The van der Waals surface area contributed by atoms with Gasteiger partial charge in [0.05, 0.1) is 0 Å². The molecule has 0 spiro atoms. The van der Waals surface area contributed by atoms with E-state index in [0.717, 1.165) is 26.2 Å². The van der Waals surface area contributed by atoms with Crippen LogP contribution in [0.5, 0.6) is 0 Å². The van der Waals surface area contributed by atoms with Crippen LogP contribution in [0.15, 0.2) is 40.2 Å². The van der Waals surface area contributed by atoms with Gasteiger partial charge in [0, 0.05) is 34.4 Å². The second-order valence-electron chi connectivity index (χ2n) is 5.40. The van der Waals surface area contributed by atoms with Crippen LogP contribution in [-0.2, 0) is 19.6 Å². The van der Waals surface area contributed by atoms with Crippen LogP contribution >= 0.6 is 27.3 Å². The molecule has 21 heavy (non-hydrogen) atoms. The maximum atomic E-state index is 3.51. The number of nitrogens with zero attached hydrogens (tertiary/aromatic N) is 1. The molecule has 0 aliphatic heterocycles. The molecule has 114 valence electrons. The second-order valence-corrected chi connectivity index (χ2v) is 7.31. The summed E-state index contributed by atoms with van der Waals surface area (Å²) in [6, 6.07) is 11.1. The van der Waals surface area contributed by atoms with E-state index in [2.05, 4.69) is 75.8 Å². The zero-order chi connectivity index (χ0) is 15.1. The average Bonchev–Trinajstić information content (AvgIpc) is 2.86. The van der Waals surface area contributed by atoms with Crippen LogP contribution in [0.25, 0.3) is 0 Å². The quantitative estimate of drug-likeness (QED) is 0.684. The van der Waals surface area contributed by atoms with Crippen LogP contribution < -0.4 is 5.32 Å². The number of benzene rings is 1. The summed E-state index contributed by atoms with van der Waals surface area (Å²) in [7, 11) is 2.17. The van der Waals surface area contributed by atoms with E-state index in [4.69, 9.17) is 0 Å². The first-order valence-electron chi connectivity index (χ1n) is 7.37. The minimum Gasteiger partial charge on any atom is -0.313 e. The summed E-state index contributed by atoms with van der Waals surface area (Å²) in [5, 5.41) is 5.57. The highest BCUT2D eigenvalue weighted by Crippen LogP contribution is 2.21. The largest absolute Gasteiger partial charge is 0.313 e. The van der Waals surface area contributed by atoms with Crippen molar-refractivity contribution in [1.29, 1.82) is 0 Å². The Morgan fingerprint density at radius 2 is 1.86 bits per heavy atom. The SMILES string of the molecule is CCCNCc1ccc(CN(C)Cc2cc(Br)cs2)cc1. The fourth-order valence-corrected chi connectivity index (χ4v) is 3.77. The minimum absolute atomic E-state index is 0.965. The van der Waals surface area contributed by atoms with Gasteiger partial charge >= 0.3 is 0 Å². The molecule has 0 fully saturated rings. The third-order valence-electron chi connectivity index (χ3n) is 3.28. The zero-order valence-electron chi connectivity index (χ0n) is 12.7. The highest BCUT2D eigenvalue weighted by atomic mass is 79.9. The molecule has 4 heteroatoms. The molecular weight excluding hydrogens is 344 g/mol. The summed E-state index contributed by atoms with van der Waals surface area (Å²) >= 11 is 5.31. The highest BCUT2D eigenvalue weighted by molar-refractivity contribution is 9.10. The van der Waals surface area contributed by atoms with Crippen LogP contribution in [0.1, 0.15) is 29.3 Å². The molecule has 0 saturated carbocycles. The number of thiophene rings is 1. The molecule has 0 aliphatic rings. The van der Waals surface area contributed by atoms with Gasteiger partial charge in [0.15, 0.2) is 0 Å². The molecule has 1 N–H and O–H groups in total. The van der Waals surface area contributed by atoms with Crippen LogP contribution in [-0.4, -0.2) is 18.5 Å². The Hall–Kier alpha value is -0.680. The molecular formula is C17H23BrN2S. The monoisotopic (exact) mass is 366 g/mol. The fraction of sp³-hybridized carbons (Fsp3) is 0.412. The van der Waals surface area contributed by atoms with Crippen molar-refractivity contribution in [2.75, 3.05) is 13.6 Å². The molecule has 1 aromatic heterocycles. The minimum atomic E-state index is 0.965. The van der Waals surface area contributed by atoms with Crippen molar-refractivity contribution in [2.24, 2.45) is 0 Å². The van der Waals surface area contributed by atoms with E-state index in [-0.39, 0.29) is 0 Å². The summed E-state index contributed by atoms with van der Waals surface area (Å²) in [5.74, 6) is 0. The summed E-state index contributed by atoms with van der Waals surface area (Å²) in [6.45, 7) is 6.22. The lowest BCUT2D eigenvalue weighted by Gasteiger charge is -2.16. The predicted octanol–water partition coefficient (Wildman–Crippen LogP) is 4.64. The molecule has 0 amide bonds. The lowest BCUT2D eigenvalue weighted by atomic mass is 10.1. The number of rotatable bonds is 8. The standard InChI is InChI=1S/C17H23BrN2S/c1-3-8-19-10-14-4-6-15(7-5-14)11-20(2)12-17-9-16(18)13-21-17/h4-7,9,13,19H,3,8,10-12H2,1-2H3. The summed E-state index contributed by atoms with van der Waals surface area (Å²) in [6.07, 6.45) is 1.18. The molecule has 1 heterocycles. The first-order valence-corrected chi connectivity index (χ1v) is 9.04. The van der Waals surface area contributed by atoms with Gasteiger partial charge in [-0.3, -0.25) is 4.90 Å². The van der Waals surface area contributed by atoms with Gasteiger partial charge in [0.2, 0.25) is 0 Å². The van der Waals surface area contributed by atoms with Gasteiger partial charge in [-0.1, -0.05) is 31.2 Å². The van der Waals surface area contributed by atoms with Crippen LogP contribution in [0.3, 0.4) is 0 Å². The van der Waals surface area contributed by atoms with E-state index < -0.39 is 0 Å². The number of halogens is 1. The molecule has 0 radical (unpaired) electrons. The first-order chi connectivity index (χ1) is 10.2. The van der Waals surface area contributed by atoms with Crippen LogP contribution in [0.4, 0.5) is 0 Å². The van der Waals surface area contributed by atoms with E-state index in [1.165, 1.54) is 26.9 Å². The molecule has 0 atom stereocenters. The van der Waals surface area contributed by atoms with E-state index in [9.17, 15) is 0 Å². The van der Waals surface area contributed by atoms with Gasteiger partial charge in [-0.2, -0.15) is 0 Å². The molecule has 2 nitrogen and oxygen atoms in total. The van der Waals surface area contributed by atoms with Crippen molar-refractivity contribution in [1.82, 2.24) is 10.2 Å². The van der Waals surface area contributed by atoms with Gasteiger partial charge < -0.3 is 5.32 Å². The zero-order valence-corrected chi connectivity index (χ0v) is 15.1. The third kappa shape index (κ3) is 5.91. The summed E-state index contributed by atoms with van der Waals surface area (Å²) in [5.41, 5.74) is 2.73. The van der Waals surface area contributed by atoms with Crippen molar-refractivity contribution in [3.63, 3.8) is 0 Å². The van der Waals surface area contributed by atoms with Crippen molar-refractivity contribution in [3.8, 4) is 0 Å².